The molecule has 0 fully saturated rings. The van der Waals surface area contributed by atoms with E-state index in [1.165, 1.54) is 0 Å². The van der Waals surface area contributed by atoms with Gasteiger partial charge in [0.15, 0.2) is 11.5 Å². The van der Waals surface area contributed by atoms with E-state index >= 15 is 0 Å². The fourth-order valence-electron chi connectivity index (χ4n) is 4.22. The van der Waals surface area contributed by atoms with Crippen LogP contribution in [0.5, 0.6) is 28.7 Å². The van der Waals surface area contributed by atoms with Gasteiger partial charge in [-0.2, -0.15) is 5.26 Å². The number of hydrogen-bond donors (Lipinski definition) is 1. The molecule has 0 amide bonds. The number of carbonyl (C=O) groups is 1. The van der Waals surface area contributed by atoms with E-state index in [2.05, 4.69) is 6.07 Å². The van der Waals surface area contributed by atoms with Gasteiger partial charge in [-0.15, -0.1) is 0 Å². The zero-order valence-electron chi connectivity index (χ0n) is 22.4. The molecule has 1 unspecified atom stereocenters. The van der Waals surface area contributed by atoms with Crippen LogP contribution in [-0.2, 0) is 0 Å². The molecule has 0 radical (unpaired) electrons. The van der Waals surface area contributed by atoms with E-state index in [0.29, 0.717) is 53.9 Å². The Morgan fingerprint density at radius 2 is 1.62 bits per heavy atom. The van der Waals surface area contributed by atoms with Crippen LogP contribution in [0.25, 0.3) is 0 Å². The highest BCUT2D eigenvalue weighted by molar-refractivity contribution is 5.91. The molecule has 3 aromatic carbocycles. The highest BCUT2D eigenvalue weighted by atomic mass is 16.5. The van der Waals surface area contributed by atoms with Crippen LogP contribution >= 0.6 is 0 Å². The second-order valence-electron chi connectivity index (χ2n) is 8.87. The van der Waals surface area contributed by atoms with Gasteiger partial charge in [0.1, 0.15) is 28.9 Å². The number of esters is 1. The van der Waals surface area contributed by atoms with Crippen molar-refractivity contribution in [3.8, 4) is 34.8 Å². The normalized spacial score (nSPS) is 14.1. The molecule has 3 aromatic rings. The molecule has 1 aliphatic heterocycles. The highest BCUT2D eigenvalue weighted by Gasteiger charge is 2.32. The number of nitrogens with two attached hydrogens (primary N) is 1. The average molecular weight is 529 g/mol. The number of nitrogens with zero attached hydrogens (tertiary/aromatic N) is 1. The number of nitriles is 1. The van der Waals surface area contributed by atoms with Crippen molar-refractivity contribution in [1.29, 1.82) is 5.26 Å². The smallest absolute Gasteiger partial charge is 0.343 e. The summed E-state index contributed by atoms with van der Waals surface area (Å²) < 4.78 is 28.6. The first-order chi connectivity index (χ1) is 19.0. The summed E-state index contributed by atoms with van der Waals surface area (Å²) in [6.45, 7) is 7.59. The molecular weight excluding hydrogens is 496 g/mol. The Morgan fingerprint density at radius 3 is 2.31 bits per heavy atom. The SMILES string of the molecule is CCCOc1ccc(C(=O)Oc2ccc3c(c2)OC(N)=C(C#N)C3c2ccc(OCCC)c(OCC)c2)cc1. The van der Waals surface area contributed by atoms with Crippen molar-refractivity contribution in [2.45, 2.75) is 39.5 Å². The van der Waals surface area contributed by atoms with Gasteiger partial charge in [0.05, 0.1) is 31.3 Å². The summed E-state index contributed by atoms with van der Waals surface area (Å²) in [7, 11) is 0. The Labute approximate surface area is 228 Å². The lowest BCUT2D eigenvalue weighted by Crippen LogP contribution is -2.21. The summed E-state index contributed by atoms with van der Waals surface area (Å²) in [5.74, 6) is 1.57. The number of carbonyl (C=O) groups excluding carboxylic acids is 1. The largest absolute Gasteiger partial charge is 0.494 e. The monoisotopic (exact) mass is 528 g/mol. The quantitative estimate of drug-likeness (QED) is 0.235. The first-order valence-corrected chi connectivity index (χ1v) is 13.0. The van der Waals surface area contributed by atoms with E-state index in [1.54, 1.807) is 42.5 Å². The summed E-state index contributed by atoms with van der Waals surface area (Å²) in [5.41, 5.74) is 8.34. The number of rotatable bonds is 11. The molecule has 0 spiro atoms. The maximum atomic E-state index is 12.8. The summed E-state index contributed by atoms with van der Waals surface area (Å²) >= 11 is 0. The van der Waals surface area contributed by atoms with Crippen LogP contribution in [0.2, 0.25) is 0 Å². The van der Waals surface area contributed by atoms with Gasteiger partial charge < -0.3 is 29.4 Å². The fraction of sp³-hybridized carbons (Fsp3) is 0.290. The van der Waals surface area contributed by atoms with Crippen molar-refractivity contribution in [1.82, 2.24) is 0 Å². The zero-order valence-corrected chi connectivity index (χ0v) is 22.4. The molecule has 1 atom stereocenters. The van der Waals surface area contributed by atoms with Gasteiger partial charge >= 0.3 is 5.97 Å². The molecule has 0 bridgehead atoms. The fourth-order valence-corrected chi connectivity index (χ4v) is 4.22. The number of fused-ring (bicyclic) bond motifs is 1. The molecule has 0 aliphatic carbocycles. The molecule has 39 heavy (non-hydrogen) atoms. The average Bonchev–Trinajstić information content (AvgIpc) is 2.95. The maximum absolute atomic E-state index is 12.8. The van der Waals surface area contributed by atoms with Gasteiger partial charge in [-0.05, 0) is 67.8 Å². The molecule has 0 saturated heterocycles. The van der Waals surface area contributed by atoms with Crippen molar-refractivity contribution in [3.63, 3.8) is 0 Å². The van der Waals surface area contributed by atoms with Crippen LogP contribution in [0.1, 0.15) is 61.0 Å². The lowest BCUT2D eigenvalue weighted by Gasteiger charge is -2.27. The lowest BCUT2D eigenvalue weighted by molar-refractivity contribution is 0.0734. The molecular formula is C31H32N2O6. The second-order valence-corrected chi connectivity index (χ2v) is 8.87. The third-order valence-electron chi connectivity index (χ3n) is 6.03. The molecule has 1 aliphatic rings. The number of benzene rings is 3. The third-order valence-corrected chi connectivity index (χ3v) is 6.03. The van der Waals surface area contributed by atoms with Gasteiger partial charge in [-0.1, -0.05) is 26.0 Å². The van der Waals surface area contributed by atoms with E-state index in [1.807, 2.05) is 39.0 Å². The standard InChI is InChI=1S/C31H32N2O6/c1-4-15-36-22-10-7-20(8-11-22)31(34)38-23-12-13-24-27(18-23)39-30(33)25(19-32)29(24)21-9-14-26(37-16-5-2)28(17-21)35-6-3/h7-14,17-18,29H,4-6,15-16,33H2,1-3H3. The number of ether oxygens (including phenoxy) is 5. The topological polar surface area (TPSA) is 113 Å². The molecule has 8 heteroatoms. The first kappa shape index (κ1) is 27.4. The van der Waals surface area contributed by atoms with E-state index in [0.717, 1.165) is 18.4 Å². The van der Waals surface area contributed by atoms with E-state index in [9.17, 15) is 10.1 Å². The summed E-state index contributed by atoms with van der Waals surface area (Å²) in [4.78, 5) is 12.8. The molecule has 2 N–H and O–H groups in total. The minimum absolute atomic E-state index is 0.00888. The Morgan fingerprint density at radius 1 is 0.897 bits per heavy atom. The second kappa shape index (κ2) is 12.7. The van der Waals surface area contributed by atoms with E-state index < -0.39 is 11.9 Å². The third kappa shape index (κ3) is 6.27. The Hall–Kier alpha value is -4.64. The van der Waals surface area contributed by atoms with Crippen LogP contribution in [0.15, 0.2) is 72.1 Å². The number of hydrogen-bond acceptors (Lipinski definition) is 8. The lowest BCUT2D eigenvalue weighted by atomic mass is 9.83. The van der Waals surface area contributed by atoms with Crippen molar-refractivity contribution in [2.75, 3.05) is 19.8 Å². The maximum Gasteiger partial charge on any atom is 0.343 e. The van der Waals surface area contributed by atoms with E-state index in [4.69, 9.17) is 29.4 Å². The Balaban J connectivity index is 1.62. The highest BCUT2D eigenvalue weighted by Crippen LogP contribution is 2.45. The predicted octanol–water partition coefficient (Wildman–Crippen LogP) is 6.10. The molecule has 8 nitrogen and oxygen atoms in total. The van der Waals surface area contributed by atoms with Crippen LogP contribution in [-0.4, -0.2) is 25.8 Å². The van der Waals surface area contributed by atoms with Crippen LogP contribution in [0.4, 0.5) is 0 Å². The molecule has 1 heterocycles. The van der Waals surface area contributed by atoms with Gasteiger partial charge in [0, 0.05) is 11.6 Å². The van der Waals surface area contributed by atoms with Crippen LogP contribution in [0.3, 0.4) is 0 Å². The van der Waals surface area contributed by atoms with Gasteiger partial charge in [-0.25, -0.2) is 4.79 Å². The van der Waals surface area contributed by atoms with Crippen molar-refractivity contribution >= 4 is 5.97 Å². The van der Waals surface area contributed by atoms with Crippen molar-refractivity contribution < 1.29 is 28.5 Å². The molecule has 0 aromatic heterocycles. The first-order valence-electron chi connectivity index (χ1n) is 13.0. The van der Waals surface area contributed by atoms with E-state index in [-0.39, 0.29) is 17.2 Å². The van der Waals surface area contributed by atoms with Crippen molar-refractivity contribution in [3.05, 3.63) is 88.8 Å². The zero-order chi connectivity index (χ0) is 27.8. The minimum Gasteiger partial charge on any atom is -0.494 e. The van der Waals surface area contributed by atoms with Gasteiger partial charge in [0.2, 0.25) is 5.88 Å². The molecule has 202 valence electrons. The van der Waals surface area contributed by atoms with Gasteiger partial charge in [-0.3, -0.25) is 0 Å². The van der Waals surface area contributed by atoms with Crippen LogP contribution in [0, 0.1) is 11.3 Å². The summed E-state index contributed by atoms with van der Waals surface area (Å²) in [6.07, 6.45) is 1.76. The van der Waals surface area contributed by atoms with Gasteiger partial charge in [0.25, 0.3) is 0 Å². The summed E-state index contributed by atoms with van der Waals surface area (Å²) in [6, 6.07) is 19.6. The Bertz CT molecular complexity index is 1390. The van der Waals surface area contributed by atoms with Crippen molar-refractivity contribution in [2.24, 2.45) is 5.73 Å². The predicted molar refractivity (Wildman–Crippen MR) is 146 cm³/mol. The minimum atomic E-state index is -0.519. The Kier molecular flexibility index (Phi) is 8.95. The van der Waals surface area contributed by atoms with Crippen LogP contribution < -0.4 is 29.4 Å². The molecule has 0 saturated carbocycles. The molecule has 4 rings (SSSR count). The number of allylic oxidation sites excluding steroid dienone is 1. The summed E-state index contributed by atoms with van der Waals surface area (Å²) in [5, 5.41) is 9.93.